The Morgan fingerprint density at radius 3 is 2.55 bits per heavy atom. The lowest BCUT2D eigenvalue weighted by atomic mass is 9.72. The third-order valence-electron chi connectivity index (χ3n) is 5.83. The van der Waals surface area contributed by atoms with Crippen LogP contribution in [0.2, 0.25) is 0 Å². The predicted molar refractivity (Wildman–Crippen MR) is 128 cm³/mol. The van der Waals surface area contributed by atoms with E-state index < -0.39 is 16.8 Å². The number of rotatable bonds is 5. The third kappa shape index (κ3) is 6.10. The fourth-order valence-electron chi connectivity index (χ4n) is 4.47. The van der Waals surface area contributed by atoms with Crippen LogP contribution in [0.4, 0.5) is 16.0 Å². The summed E-state index contributed by atoms with van der Waals surface area (Å²) >= 11 is 0. The van der Waals surface area contributed by atoms with Gasteiger partial charge in [0.1, 0.15) is 17.2 Å². The fraction of sp³-hybridized carbons (Fsp3) is 0.640. The van der Waals surface area contributed by atoms with Gasteiger partial charge in [0.05, 0.1) is 16.6 Å². The Balaban J connectivity index is 1.89. The van der Waals surface area contributed by atoms with Crippen molar-refractivity contribution in [3.8, 4) is 0 Å². The van der Waals surface area contributed by atoms with Crippen LogP contribution < -0.4 is 10.6 Å². The molecule has 0 saturated carbocycles. The molecule has 1 aliphatic heterocycles. The summed E-state index contributed by atoms with van der Waals surface area (Å²) in [7, 11) is 0. The molecule has 2 aromatic rings. The van der Waals surface area contributed by atoms with Crippen LogP contribution in [0.5, 0.6) is 0 Å². The zero-order chi connectivity index (χ0) is 24.6. The molecule has 1 fully saturated rings. The smallest absolute Gasteiger partial charge is 0.313 e. The van der Waals surface area contributed by atoms with Crippen LogP contribution in [0, 0.1) is 18.2 Å². The maximum absolute atomic E-state index is 14.9. The van der Waals surface area contributed by atoms with Crippen LogP contribution in [0.25, 0.3) is 0 Å². The van der Waals surface area contributed by atoms with E-state index in [1.54, 1.807) is 6.07 Å². The van der Waals surface area contributed by atoms with Gasteiger partial charge in [0, 0.05) is 24.2 Å². The SMILES string of the molecule is Cc1cc(Nc2ccc(F)c(CC3(C(=O)OC(C)(C)C)CCN[C@H](C)C3)n2)nn1C(C)(C)C. The minimum atomic E-state index is -0.825. The summed E-state index contributed by atoms with van der Waals surface area (Å²) in [6.45, 7) is 16.5. The van der Waals surface area contributed by atoms with E-state index in [1.165, 1.54) is 6.07 Å². The second kappa shape index (κ2) is 9.05. The standard InChI is InChI=1S/C25H38FN5O2/c1-16-14-25(11-12-27-16,22(32)33-24(6,7)8)15-19-18(26)9-10-20(28-19)29-21-13-17(2)31(30-21)23(3,4)5/h9-10,13,16,27H,11-12,14-15H2,1-8H3,(H,28,29,30)/t16-,25?/m1/s1. The summed E-state index contributed by atoms with van der Waals surface area (Å²) < 4.78 is 22.6. The van der Waals surface area contributed by atoms with Crippen molar-refractivity contribution in [2.75, 3.05) is 11.9 Å². The number of ether oxygens (including phenoxy) is 1. The third-order valence-corrected chi connectivity index (χ3v) is 5.83. The van der Waals surface area contributed by atoms with Crippen LogP contribution in [0.1, 0.15) is 72.7 Å². The topological polar surface area (TPSA) is 81.1 Å². The first kappa shape index (κ1) is 25.1. The molecule has 0 aromatic carbocycles. The summed E-state index contributed by atoms with van der Waals surface area (Å²) in [6.07, 6.45) is 1.32. The van der Waals surface area contributed by atoms with E-state index in [0.717, 1.165) is 5.69 Å². The van der Waals surface area contributed by atoms with Crippen molar-refractivity contribution in [3.63, 3.8) is 0 Å². The molecule has 3 rings (SSSR count). The van der Waals surface area contributed by atoms with Crippen molar-refractivity contribution < 1.29 is 13.9 Å². The van der Waals surface area contributed by atoms with Crippen molar-refractivity contribution in [3.05, 3.63) is 35.4 Å². The van der Waals surface area contributed by atoms with Crippen LogP contribution in [-0.2, 0) is 21.5 Å². The number of esters is 1. The van der Waals surface area contributed by atoms with Crippen LogP contribution in [-0.4, -0.2) is 38.9 Å². The van der Waals surface area contributed by atoms with E-state index in [0.29, 0.717) is 31.0 Å². The normalized spacial score (nSPS) is 21.7. The summed E-state index contributed by atoms with van der Waals surface area (Å²) in [5.41, 5.74) is -0.324. The van der Waals surface area contributed by atoms with E-state index in [-0.39, 0.29) is 29.7 Å². The highest BCUT2D eigenvalue weighted by Crippen LogP contribution is 2.38. The maximum atomic E-state index is 14.9. The number of hydrogen-bond acceptors (Lipinski definition) is 6. The van der Waals surface area contributed by atoms with Gasteiger partial charge in [-0.15, -0.1) is 0 Å². The monoisotopic (exact) mass is 459 g/mol. The van der Waals surface area contributed by atoms with Crippen LogP contribution >= 0.6 is 0 Å². The largest absolute Gasteiger partial charge is 0.460 e. The Kier molecular flexibility index (Phi) is 6.89. The molecule has 3 heterocycles. The molecule has 0 aliphatic carbocycles. The summed E-state index contributed by atoms with van der Waals surface area (Å²) in [5.74, 6) is 0.421. The molecule has 1 saturated heterocycles. The first-order valence-electron chi connectivity index (χ1n) is 11.6. The molecule has 1 unspecified atom stereocenters. The summed E-state index contributed by atoms with van der Waals surface area (Å²) in [5, 5.41) is 11.2. The number of piperidine rings is 1. The first-order valence-corrected chi connectivity index (χ1v) is 11.6. The quantitative estimate of drug-likeness (QED) is 0.621. The summed E-state index contributed by atoms with van der Waals surface area (Å²) in [4.78, 5) is 17.8. The molecule has 33 heavy (non-hydrogen) atoms. The average molecular weight is 460 g/mol. The number of pyridine rings is 1. The van der Waals surface area contributed by atoms with Gasteiger partial charge in [-0.1, -0.05) is 0 Å². The number of nitrogens with zero attached hydrogens (tertiary/aromatic N) is 3. The minimum absolute atomic E-state index is 0.125. The average Bonchev–Trinajstić information content (AvgIpc) is 3.03. The molecule has 0 radical (unpaired) electrons. The van der Waals surface area contributed by atoms with Crippen molar-refractivity contribution in [2.45, 2.75) is 91.8 Å². The molecule has 1 aliphatic rings. The molecule has 2 atom stereocenters. The Morgan fingerprint density at radius 2 is 1.97 bits per heavy atom. The minimum Gasteiger partial charge on any atom is -0.460 e. The number of carbonyl (C=O) groups is 1. The highest BCUT2D eigenvalue weighted by molar-refractivity contribution is 5.78. The molecule has 2 aromatic heterocycles. The molecule has 7 nitrogen and oxygen atoms in total. The fourth-order valence-corrected chi connectivity index (χ4v) is 4.47. The van der Waals surface area contributed by atoms with Crippen LogP contribution in [0.3, 0.4) is 0 Å². The Labute approximate surface area is 196 Å². The molecular weight excluding hydrogens is 421 g/mol. The number of aryl methyl sites for hydroxylation is 1. The number of carbonyl (C=O) groups excluding carboxylic acids is 1. The lowest BCUT2D eigenvalue weighted by Crippen LogP contribution is -2.50. The van der Waals surface area contributed by atoms with Crippen LogP contribution in [0.15, 0.2) is 18.2 Å². The molecular formula is C25H38FN5O2. The molecule has 0 bridgehead atoms. The second-order valence-corrected chi connectivity index (χ2v) is 11.3. The Bertz CT molecular complexity index is 1010. The van der Waals surface area contributed by atoms with E-state index in [9.17, 15) is 9.18 Å². The van der Waals surface area contributed by atoms with Gasteiger partial charge in [0.25, 0.3) is 0 Å². The molecule has 0 amide bonds. The van der Waals surface area contributed by atoms with Gasteiger partial charge in [-0.05, 0) is 86.9 Å². The predicted octanol–water partition coefficient (Wildman–Crippen LogP) is 4.87. The van der Waals surface area contributed by atoms with Crippen molar-refractivity contribution in [1.29, 1.82) is 0 Å². The van der Waals surface area contributed by atoms with Gasteiger partial charge >= 0.3 is 5.97 Å². The van der Waals surface area contributed by atoms with Crippen molar-refractivity contribution in [1.82, 2.24) is 20.1 Å². The highest BCUT2D eigenvalue weighted by Gasteiger charge is 2.45. The molecule has 8 heteroatoms. The maximum Gasteiger partial charge on any atom is 0.313 e. The zero-order valence-corrected chi connectivity index (χ0v) is 21.2. The van der Waals surface area contributed by atoms with E-state index in [1.807, 2.05) is 45.4 Å². The molecule has 0 spiro atoms. The zero-order valence-electron chi connectivity index (χ0n) is 21.2. The van der Waals surface area contributed by atoms with E-state index in [2.05, 4.69) is 41.5 Å². The number of hydrogen-bond donors (Lipinski definition) is 2. The number of halogens is 1. The lowest BCUT2D eigenvalue weighted by Gasteiger charge is -2.40. The van der Waals surface area contributed by atoms with Crippen molar-refractivity contribution in [2.24, 2.45) is 5.41 Å². The van der Waals surface area contributed by atoms with Gasteiger partial charge in [0.15, 0.2) is 5.82 Å². The second-order valence-electron chi connectivity index (χ2n) is 11.3. The lowest BCUT2D eigenvalue weighted by molar-refractivity contribution is -0.170. The van der Waals surface area contributed by atoms with E-state index in [4.69, 9.17) is 4.74 Å². The van der Waals surface area contributed by atoms with Gasteiger partial charge in [0.2, 0.25) is 0 Å². The van der Waals surface area contributed by atoms with Crippen molar-refractivity contribution >= 4 is 17.6 Å². The van der Waals surface area contributed by atoms with E-state index >= 15 is 0 Å². The highest BCUT2D eigenvalue weighted by atomic mass is 19.1. The Morgan fingerprint density at radius 1 is 1.27 bits per heavy atom. The number of nitrogens with one attached hydrogen (secondary N) is 2. The van der Waals surface area contributed by atoms with Gasteiger partial charge in [-0.3, -0.25) is 9.48 Å². The van der Waals surface area contributed by atoms with Gasteiger partial charge in [-0.25, -0.2) is 9.37 Å². The number of aromatic nitrogens is 3. The summed E-state index contributed by atoms with van der Waals surface area (Å²) in [6, 6.07) is 5.05. The molecule has 182 valence electrons. The van der Waals surface area contributed by atoms with Gasteiger partial charge in [-0.2, -0.15) is 5.10 Å². The van der Waals surface area contributed by atoms with Gasteiger partial charge < -0.3 is 15.4 Å². The Hall–Kier alpha value is -2.48. The first-order chi connectivity index (χ1) is 15.2. The number of anilines is 2. The molecule has 2 N–H and O–H groups in total.